The van der Waals surface area contributed by atoms with Crippen LogP contribution >= 0.6 is 27.5 Å². The minimum atomic E-state index is 0.333. The molecule has 1 aliphatic rings. The zero-order chi connectivity index (χ0) is 9.42. The molecule has 0 fully saturated rings. The van der Waals surface area contributed by atoms with Crippen LogP contribution in [-0.4, -0.2) is 16.3 Å². The number of halogens is 2. The maximum absolute atomic E-state index is 10.6. The zero-order valence-electron chi connectivity index (χ0n) is 6.42. The van der Waals surface area contributed by atoms with E-state index in [0.717, 1.165) is 12.0 Å². The summed E-state index contributed by atoms with van der Waals surface area (Å²) in [6, 6.07) is 0. The SMILES string of the molecule is O=CC1=CCc2nc(Cl)c(Br)nc21. The molecular weight excluding hydrogens is 255 g/mol. The second-order valence-corrected chi connectivity index (χ2v) is 3.69. The number of aromatic nitrogens is 2. The number of fused-ring (bicyclic) bond motifs is 1. The van der Waals surface area contributed by atoms with Gasteiger partial charge in [0.25, 0.3) is 0 Å². The van der Waals surface area contributed by atoms with E-state index in [1.807, 2.05) is 0 Å². The van der Waals surface area contributed by atoms with Gasteiger partial charge in [0, 0.05) is 12.0 Å². The van der Waals surface area contributed by atoms with Gasteiger partial charge in [-0.05, 0) is 15.9 Å². The van der Waals surface area contributed by atoms with Crippen LogP contribution in [0.4, 0.5) is 0 Å². The van der Waals surface area contributed by atoms with Crippen LogP contribution in [0, 0.1) is 0 Å². The molecule has 0 aliphatic heterocycles. The molecule has 0 saturated carbocycles. The quantitative estimate of drug-likeness (QED) is 0.725. The lowest BCUT2D eigenvalue weighted by Crippen LogP contribution is -1.96. The van der Waals surface area contributed by atoms with Crippen molar-refractivity contribution in [3.63, 3.8) is 0 Å². The molecular formula is C8H4BrClN2O. The van der Waals surface area contributed by atoms with E-state index in [-0.39, 0.29) is 0 Å². The minimum absolute atomic E-state index is 0.333. The highest BCUT2D eigenvalue weighted by Gasteiger charge is 2.18. The van der Waals surface area contributed by atoms with Crippen molar-refractivity contribution in [3.05, 3.63) is 27.2 Å². The van der Waals surface area contributed by atoms with Crippen LogP contribution in [0.2, 0.25) is 5.15 Å². The summed E-state index contributed by atoms with van der Waals surface area (Å²) in [7, 11) is 0. The van der Waals surface area contributed by atoms with E-state index in [0.29, 0.717) is 27.4 Å². The second-order valence-electron chi connectivity index (χ2n) is 2.58. The fourth-order valence-electron chi connectivity index (χ4n) is 1.21. The molecule has 0 atom stereocenters. The normalized spacial score (nSPS) is 13.8. The van der Waals surface area contributed by atoms with E-state index >= 15 is 0 Å². The third-order valence-electron chi connectivity index (χ3n) is 1.80. The number of hydrogen-bond donors (Lipinski definition) is 0. The predicted octanol–water partition coefficient (Wildman–Crippen LogP) is 2.03. The average Bonchev–Trinajstić information content (AvgIpc) is 2.48. The maximum atomic E-state index is 10.6. The molecule has 13 heavy (non-hydrogen) atoms. The molecule has 0 radical (unpaired) electrons. The Balaban J connectivity index is 2.60. The number of rotatable bonds is 1. The summed E-state index contributed by atoms with van der Waals surface area (Å²) in [6.07, 6.45) is 3.20. The minimum Gasteiger partial charge on any atom is -0.298 e. The van der Waals surface area contributed by atoms with E-state index in [4.69, 9.17) is 11.6 Å². The molecule has 1 aromatic rings. The third-order valence-corrected chi connectivity index (χ3v) is 2.85. The Morgan fingerprint density at radius 1 is 1.54 bits per heavy atom. The van der Waals surface area contributed by atoms with Crippen LogP contribution in [0.1, 0.15) is 11.4 Å². The monoisotopic (exact) mass is 258 g/mol. The molecule has 0 saturated heterocycles. The molecule has 0 amide bonds. The zero-order valence-corrected chi connectivity index (χ0v) is 8.76. The fourth-order valence-corrected chi connectivity index (χ4v) is 1.62. The van der Waals surface area contributed by atoms with Crippen molar-refractivity contribution >= 4 is 39.4 Å². The first-order valence-corrected chi connectivity index (χ1v) is 4.77. The molecule has 5 heteroatoms. The Kier molecular flexibility index (Phi) is 2.17. The topological polar surface area (TPSA) is 42.9 Å². The summed E-state index contributed by atoms with van der Waals surface area (Å²) in [5, 5.41) is 0.333. The van der Waals surface area contributed by atoms with Crippen molar-refractivity contribution in [1.29, 1.82) is 0 Å². The Morgan fingerprint density at radius 3 is 3.00 bits per heavy atom. The largest absolute Gasteiger partial charge is 0.298 e. The molecule has 0 aromatic carbocycles. The lowest BCUT2D eigenvalue weighted by molar-refractivity contribution is -0.103. The number of aldehydes is 1. The summed E-state index contributed by atoms with van der Waals surface area (Å²) in [6.45, 7) is 0. The van der Waals surface area contributed by atoms with Crippen LogP contribution in [0.15, 0.2) is 10.7 Å². The van der Waals surface area contributed by atoms with Gasteiger partial charge in [0.05, 0.1) is 11.4 Å². The lowest BCUT2D eigenvalue weighted by atomic mass is 10.2. The average molecular weight is 259 g/mol. The first-order chi connectivity index (χ1) is 6.22. The highest BCUT2D eigenvalue weighted by Crippen LogP contribution is 2.27. The lowest BCUT2D eigenvalue weighted by Gasteiger charge is -2.00. The maximum Gasteiger partial charge on any atom is 0.162 e. The summed E-state index contributed by atoms with van der Waals surface area (Å²) in [4.78, 5) is 18.8. The molecule has 0 bridgehead atoms. The predicted molar refractivity (Wildman–Crippen MR) is 52.5 cm³/mol. The summed E-state index contributed by atoms with van der Waals surface area (Å²) in [5.74, 6) is 0. The molecule has 66 valence electrons. The van der Waals surface area contributed by atoms with Gasteiger partial charge in [0.15, 0.2) is 11.4 Å². The van der Waals surface area contributed by atoms with E-state index in [9.17, 15) is 4.79 Å². The second kappa shape index (κ2) is 3.20. The van der Waals surface area contributed by atoms with Crippen molar-refractivity contribution in [2.45, 2.75) is 6.42 Å². The highest BCUT2D eigenvalue weighted by atomic mass is 79.9. The van der Waals surface area contributed by atoms with Gasteiger partial charge in [-0.3, -0.25) is 4.79 Å². The summed E-state index contributed by atoms with van der Waals surface area (Å²) in [5.41, 5.74) is 1.97. The molecule has 0 unspecified atom stereocenters. The number of hydrogen-bond acceptors (Lipinski definition) is 3. The van der Waals surface area contributed by atoms with E-state index < -0.39 is 0 Å². The van der Waals surface area contributed by atoms with Gasteiger partial charge in [-0.15, -0.1) is 0 Å². The Morgan fingerprint density at radius 2 is 2.31 bits per heavy atom. The van der Waals surface area contributed by atoms with Gasteiger partial charge < -0.3 is 0 Å². The molecule has 1 aromatic heterocycles. The molecule has 0 spiro atoms. The summed E-state index contributed by atoms with van der Waals surface area (Å²) >= 11 is 8.91. The van der Waals surface area contributed by atoms with Gasteiger partial charge in [-0.1, -0.05) is 17.7 Å². The number of carbonyl (C=O) groups is 1. The van der Waals surface area contributed by atoms with Gasteiger partial charge in [-0.25, -0.2) is 9.97 Å². The molecule has 2 rings (SSSR count). The third kappa shape index (κ3) is 1.40. The van der Waals surface area contributed by atoms with Crippen molar-refractivity contribution in [3.8, 4) is 0 Å². The van der Waals surface area contributed by atoms with E-state index in [2.05, 4.69) is 25.9 Å². The summed E-state index contributed by atoms with van der Waals surface area (Å²) < 4.78 is 0.475. The van der Waals surface area contributed by atoms with Crippen LogP contribution < -0.4 is 0 Å². The fraction of sp³-hybridized carbons (Fsp3) is 0.125. The Labute approximate surface area is 88.0 Å². The molecule has 0 N–H and O–H groups in total. The highest BCUT2D eigenvalue weighted by molar-refractivity contribution is 9.10. The standard InChI is InChI=1S/C8H4BrClN2O/c9-7-8(10)11-5-2-1-4(3-13)6(5)12-7/h1,3H,2H2. The van der Waals surface area contributed by atoms with Crippen LogP contribution in [-0.2, 0) is 11.2 Å². The van der Waals surface area contributed by atoms with E-state index in [1.165, 1.54) is 0 Å². The number of nitrogens with zero attached hydrogens (tertiary/aromatic N) is 2. The van der Waals surface area contributed by atoms with Crippen LogP contribution in [0.3, 0.4) is 0 Å². The molecule has 3 nitrogen and oxygen atoms in total. The van der Waals surface area contributed by atoms with Gasteiger partial charge in [0.2, 0.25) is 0 Å². The first-order valence-electron chi connectivity index (χ1n) is 3.60. The van der Waals surface area contributed by atoms with Crippen LogP contribution in [0.5, 0.6) is 0 Å². The number of allylic oxidation sites excluding steroid dienone is 2. The van der Waals surface area contributed by atoms with Gasteiger partial charge in [0.1, 0.15) is 4.60 Å². The van der Waals surface area contributed by atoms with Gasteiger partial charge in [-0.2, -0.15) is 0 Å². The smallest absolute Gasteiger partial charge is 0.162 e. The van der Waals surface area contributed by atoms with Crippen molar-refractivity contribution < 1.29 is 4.79 Å². The molecule has 1 aliphatic carbocycles. The van der Waals surface area contributed by atoms with E-state index in [1.54, 1.807) is 6.08 Å². The Bertz CT molecular complexity index is 417. The first kappa shape index (κ1) is 8.84. The number of carbonyl (C=O) groups excluding carboxylic acids is 1. The molecule has 1 heterocycles. The Hall–Kier alpha value is -0.740. The van der Waals surface area contributed by atoms with Crippen molar-refractivity contribution in [2.75, 3.05) is 0 Å². The van der Waals surface area contributed by atoms with Crippen molar-refractivity contribution in [1.82, 2.24) is 9.97 Å². The van der Waals surface area contributed by atoms with Gasteiger partial charge >= 0.3 is 0 Å². The van der Waals surface area contributed by atoms with Crippen LogP contribution in [0.25, 0.3) is 5.57 Å². The van der Waals surface area contributed by atoms with Crippen molar-refractivity contribution in [2.24, 2.45) is 0 Å².